The highest BCUT2D eigenvalue weighted by molar-refractivity contribution is 9.11. The first kappa shape index (κ1) is 16.7. The summed E-state index contributed by atoms with van der Waals surface area (Å²) in [7, 11) is 0. The van der Waals surface area contributed by atoms with Crippen LogP contribution in [0, 0.1) is 6.92 Å². The van der Waals surface area contributed by atoms with E-state index in [0.29, 0.717) is 13.2 Å². The van der Waals surface area contributed by atoms with Gasteiger partial charge in [-0.3, -0.25) is 0 Å². The standard InChI is InChI=1S/C16H16Br2ClNO/c1-3-21-16-12(17)7-11(8-13(16)18)9-20-15-5-4-10(2)6-14(15)19/h4-8,20H,3,9H2,1-2H3. The van der Waals surface area contributed by atoms with Crippen LogP contribution in [0.15, 0.2) is 39.3 Å². The van der Waals surface area contributed by atoms with Crippen LogP contribution in [0.1, 0.15) is 18.1 Å². The Bertz CT molecular complexity index is 623. The van der Waals surface area contributed by atoms with Crippen molar-refractivity contribution in [2.24, 2.45) is 0 Å². The van der Waals surface area contributed by atoms with E-state index in [4.69, 9.17) is 16.3 Å². The molecule has 0 aromatic heterocycles. The summed E-state index contributed by atoms with van der Waals surface area (Å²) >= 11 is 13.3. The van der Waals surface area contributed by atoms with Gasteiger partial charge >= 0.3 is 0 Å². The van der Waals surface area contributed by atoms with Crippen molar-refractivity contribution in [2.45, 2.75) is 20.4 Å². The average Bonchev–Trinajstić information content (AvgIpc) is 2.42. The number of hydrogen-bond donors (Lipinski definition) is 1. The first-order chi connectivity index (χ1) is 10.0. The zero-order valence-electron chi connectivity index (χ0n) is 11.8. The van der Waals surface area contributed by atoms with Gasteiger partial charge in [-0.2, -0.15) is 0 Å². The molecule has 0 radical (unpaired) electrons. The van der Waals surface area contributed by atoms with Crippen LogP contribution in [-0.2, 0) is 6.54 Å². The number of aryl methyl sites for hydroxylation is 1. The molecule has 0 spiro atoms. The van der Waals surface area contributed by atoms with Gasteiger partial charge in [0.15, 0.2) is 0 Å². The molecule has 0 heterocycles. The molecule has 112 valence electrons. The molecule has 5 heteroatoms. The molecular weight excluding hydrogens is 417 g/mol. The molecule has 0 fully saturated rings. The fourth-order valence-electron chi connectivity index (χ4n) is 1.96. The first-order valence-electron chi connectivity index (χ1n) is 6.62. The average molecular weight is 434 g/mol. The maximum Gasteiger partial charge on any atom is 0.147 e. The van der Waals surface area contributed by atoms with Crippen molar-refractivity contribution >= 4 is 49.1 Å². The number of halogens is 3. The zero-order valence-corrected chi connectivity index (χ0v) is 15.8. The minimum atomic E-state index is 0.633. The van der Waals surface area contributed by atoms with E-state index < -0.39 is 0 Å². The summed E-state index contributed by atoms with van der Waals surface area (Å²) in [5, 5.41) is 4.08. The van der Waals surface area contributed by atoms with Crippen LogP contribution >= 0.6 is 43.5 Å². The van der Waals surface area contributed by atoms with Crippen molar-refractivity contribution < 1.29 is 4.74 Å². The summed E-state index contributed by atoms with van der Waals surface area (Å²) in [6.07, 6.45) is 0. The summed E-state index contributed by atoms with van der Waals surface area (Å²) in [5.74, 6) is 0.828. The van der Waals surface area contributed by atoms with Crippen LogP contribution in [-0.4, -0.2) is 6.61 Å². The first-order valence-corrected chi connectivity index (χ1v) is 8.58. The van der Waals surface area contributed by atoms with Gasteiger partial charge in [-0.05, 0) is 81.1 Å². The number of rotatable bonds is 5. The van der Waals surface area contributed by atoms with Gasteiger partial charge in [0, 0.05) is 6.54 Å². The van der Waals surface area contributed by atoms with Crippen LogP contribution in [0.25, 0.3) is 0 Å². The second-order valence-electron chi connectivity index (χ2n) is 4.66. The molecule has 0 atom stereocenters. The van der Waals surface area contributed by atoms with Crippen molar-refractivity contribution in [3.63, 3.8) is 0 Å². The third-order valence-electron chi connectivity index (χ3n) is 2.95. The van der Waals surface area contributed by atoms with E-state index in [1.807, 2.05) is 44.2 Å². The molecule has 1 N–H and O–H groups in total. The van der Waals surface area contributed by atoms with E-state index in [1.165, 1.54) is 0 Å². The number of benzene rings is 2. The van der Waals surface area contributed by atoms with Crippen LogP contribution < -0.4 is 10.1 Å². The minimum Gasteiger partial charge on any atom is -0.492 e. The van der Waals surface area contributed by atoms with Gasteiger partial charge in [0.25, 0.3) is 0 Å². The number of hydrogen-bond acceptors (Lipinski definition) is 2. The molecule has 2 rings (SSSR count). The molecule has 0 amide bonds. The fourth-order valence-corrected chi connectivity index (χ4v) is 3.77. The van der Waals surface area contributed by atoms with Crippen molar-refractivity contribution in [3.05, 3.63) is 55.4 Å². The maximum absolute atomic E-state index is 6.22. The van der Waals surface area contributed by atoms with Crippen molar-refractivity contribution in [3.8, 4) is 5.75 Å². The van der Waals surface area contributed by atoms with Gasteiger partial charge in [-0.15, -0.1) is 0 Å². The smallest absolute Gasteiger partial charge is 0.147 e. The predicted molar refractivity (Wildman–Crippen MR) is 96.5 cm³/mol. The summed E-state index contributed by atoms with van der Waals surface area (Å²) < 4.78 is 7.45. The van der Waals surface area contributed by atoms with Crippen LogP contribution in [0.3, 0.4) is 0 Å². The maximum atomic E-state index is 6.22. The van der Waals surface area contributed by atoms with Gasteiger partial charge in [0.1, 0.15) is 5.75 Å². The molecule has 21 heavy (non-hydrogen) atoms. The van der Waals surface area contributed by atoms with E-state index in [9.17, 15) is 0 Å². The van der Waals surface area contributed by atoms with Crippen molar-refractivity contribution in [1.29, 1.82) is 0 Å². The molecule has 0 aliphatic rings. The lowest BCUT2D eigenvalue weighted by Crippen LogP contribution is -2.01. The lowest BCUT2D eigenvalue weighted by molar-refractivity contribution is 0.336. The summed E-state index contributed by atoms with van der Waals surface area (Å²) in [6.45, 7) is 5.31. The lowest BCUT2D eigenvalue weighted by atomic mass is 10.2. The summed E-state index contributed by atoms with van der Waals surface area (Å²) in [5.41, 5.74) is 3.22. The summed E-state index contributed by atoms with van der Waals surface area (Å²) in [6, 6.07) is 10.1. The largest absolute Gasteiger partial charge is 0.492 e. The monoisotopic (exact) mass is 431 g/mol. The fraction of sp³-hybridized carbons (Fsp3) is 0.250. The molecular formula is C16H16Br2ClNO. The molecule has 0 saturated heterocycles. The molecule has 0 bridgehead atoms. The minimum absolute atomic E-state index is 0.633. The normalized spacial score (nSPS) is 10.5. The number of ether oxygens (including phenoxy) is 1. The quantitative estimate of drug-likeness (QED) is 0.608. The van der Waals surface area contributed by atoms with Crippen LogP contribution in [0.5, 0.6) is 5.75 Å². The Labute approximate surface area is 147 Å². The van der Waals surface area contributed by atoms with E-state index in [-0.39, 0.29) is 0 Å². The second kappa shape index (κ2) is 7.52. The lowest BCUT2D eigenvalue weighted by Gasteiger charge is -2.13. The number of anilines is 1. The Kier molecular flexibility index (Phi) is 5.97. The highest BCUT2D eigenvalue weighted by atomic mass is 79.9. The Morgan fingerprint density at radius 2 is 1.81 bits per heavy atom. The number of nitrogens with one attached hydrogen (secondary N) is 1. The summed E-state index contributed by atoms with van der Waals surface area (Å²) in [4.78, 5) is 0. The Morgan fingerprint density at radius 1 is 1.14 bits per heavy atom. The van der Waals surface area contributed by atoms with Crippen LogP contribution in [0.2, 0.25) is 5.02 Å². The molecule has 2 aromatic carbocycles. The van der Waals surface area contributed by atoms with E-state index in [2.05, 4.69) is 37.2 Å². The zero-order chi connectivity index (χ0) is 15.4. The Morgan fingerprint density at radius 3 is 2.38 bits per heavy atom. The Balaban J connectivity index is 2.13. The molecule has 0 unspecified atom stereocenters. The van der Waals surface area contributed by atoms with Gasteiger partial charge in [-0.1, -0.05) is 17.7 Å². The van der Waals surface area contributed by atoms with Crippen molar-refractivity contribution in [2.75, 3.05) is 11.9 Å². The molecule has 2 aromatic rings. The molecule has 0 aliphatic heterocycles. The van der Waals surface area contributed by atoms with E-state index >= 15 is 0 Å². The van der Waals surface area contributed by atoms with E-state index in [1.54, 1.807) is 0 Å². The van der Waals surface area contributed by atoms with Gasteiger partial charge in [-0.25, -0.2) is 0 Å². The Hall–Kier alpha value is -0.710. The second-order valence-corrected chi connectivity index (χ2v) is 6.77. The van der Waals surface area contributed by atoms with Crippen LogP contribution in [0.4, 0.5) is 5.69 Å². The topological polar surface area (TPSA) is 21.3 Å². The third kappa shape index (κ3) is 4.38. The highest BCUT2D eigenvalue weighted by Gasteiger charge is 2.09. The SMILES string of the molecule is CCOc1c(Br)cc(CNc2ccc(C)cc2Cl)cc1Br. The highest BCUT2D eigenvalue weighted by Crippen LogP contribution is 2.35. The van der Waals surface area contributed by atoms with Gasteiger partial charge < -0.3 is 10.1 Å². The van der Waals surface area contributed by atoms with E-state index in [0.717, 1.165) is 36.5 Å². The third-order valence-corrected chi connectivity index (χ3v) is 4.45. The van der Waals surface area contributed by atoms with Gasteiger partial charge in [0.05, 0.1) is 26.3 Å². The molecule has 0 aliphatic carbocycles. The van der Waals surface area contributed by atoms with Gasteiger partial charge in [0.2, 0.25) is 0 Å². The predicted octanol–water partition coefficient (Wildman–Crippen LogP) is 6.18. The molecule has 2 nitrogen and oxygen atoms in total. The van der Waals surface area contributed by atoms with Crippen molar-refractivity contribution in [1.82, 2.24) is 0 Å². The molecule has 0 saturated carbocycles.